The smallest absolute Gasteiger partial charge is 0.240 e. The number of nitrogens with zero attached hydrogens (tertiary/aromatic N) is 1. The molecule has 1 saturated heterocycles. The Kier molecular flexibility index (Phi) is 6.49. The van der Waals surface area contributed by atoms with Crippen molar-refractivity contribution in [1.29, 1.82) is 0 Å². The van der Waals surface area contributed by atoms with Crippen LogP contribution in [0.1, 0.15) is 30.0 Å². The highest BCUT2D eigenvalue weighted by Gasteiger charge is 2.31. The van der Waals surface area contributed by atoms with E-state index >= 15 is 0 Å². The standard InChI is InChI=1S/C21H27N3O3S/c1-16-9-11-19(12-10-16)28(26,27)23-14-17-6-5-13-24(15-17)20(21(22)25)18-7-3-2-4-8-18/h2-4,7-12,17,20,23H,5-6,13-15H2,1H3,(H2,22,25). The van der Waals surface area contributed by atoms with E-state index in [0.29, 0.717) is 13.1 Å². The number of amides is 1. The normalized spacial score (nSPS) is 19.2. The van der Waals surface area contributed by atoms with Crippen molar-refractivity contribution < 1.29 is 13.2 Å². The molecule has 2 unspecified atom stereocenters. The third kappa shape index (κ3) is 4.98. The lowest BCUT2D eigenvalue weighted by molar-refractivity contribution is -0.124. The lowest BCUT2D eigenvalue weighted by atomic mass is 9.94. The van der Waals surface area contributed by atoms with E-state index in [4.69, 9.17) is 5.73 Å². The summed E-state index contributed by atoms with van der Waals surface area (Å²) >= 11 is 0. The summed E-state index contributed by atoms with van der Waals surface area (Å²) in [6.45, 7) is 3.65. The van der Waals surface area contributed by atoms with Gasteiger partial charge in [0.1, 0.15) is 6.04 Å². The predicted molar refractivity (Wildman–Crippen MR) is 109 cm³/mol. The van der Waals surface area contributed by atoms with Gasteiger partial charge >= 0.3 is 0 Å². The first-order valence-electron chi connectivity index (χ1n) is 9.51. The Morgan fingerprint density at radius 1 is 1.18 bits per heavy atom. The molecule has 28 heavy (non-hydrogen) atoms. The number of hydrogen-bond donors (Lipinski definition) is 2. The molecule has 0 aliphatic carbocycles. The number of primary amides is 1. The molecule has 150 valence electrons. The fourth-order valence-electron chi connectivity index (χ4n) is 3.72. The summed E-state index contributed by atoms with van der Waals surface area (Å²) in [7, 11) is -3.54. The van der Waals surface area contributed by atoms with Crippen molar-refractivity contribution in [3.63, 3.8) is 0 Å². The maximum Gasteiger partial charge on any atom is 0.240 e. The van der Waals surface area contributed by atoms with E-state index < -0.39 is 16.1 Å². The Labute approximate surface area is 166 Å². The van der Waals surface area contributed by atoms with Gasteiger partial charge in [0, 0.05) is 13.1 Å². The second-order valence-corrected chi connectivity index (χ2v) is 9.15. The van der Waals surface area contributed by atoms with Crippen molar-refractivity contribution in [3.8, 4) is 0 Å². The number of piperidine rings is 1. The molecule has 1 amide bonds. The number of hydrogen-bond acceptors (Lipinski definition) is 4. The van der Waals surface area contributed by atoms with Crippen LogP contribution in [0.25, 0.3) is 0 Å². The number of benzene rings is 2. The average Bonchev–Trinajstić information content (AvgIpc) is 2.68. The van der Waals surface area contributed by atoms with E-state index in [2.05, 4.69) is 9.62 Å². The van der Waals surface area contributed by atoms with Crippen LogP contribution in [0.3, 0.4) is 0 Å². The lowest BCUT2D eigenvalue weighted by Crippen LogP contribution is -2.46. The Morgan fingerprint density at radius 2 is 1.86 bits per heavy atom. The van der Waals surface area contributed by atoms with Gasteiger partial charge in [-0.3, -0.25) is 9.69 Å². The predicted octanol–water partition coefficient (Wildman–Crippen LogP) is 2.21. The van der Waals surface area contributed by atoms with E-state index in [0.717, 1.165) is 30.5 Å². The Balaban J connectivity index is 1.66. The Morgan fingerprint density at radius 3 is 2.50 bits per heavy atom. The molecule has 2 aromatic carbocycles. The molecule has 1 aliphatic rings. The van der Waals surface area contributed by atoms with Gasteiger partial charge in [-0.1, -0.05) is 48.0 Å². The molecule has 2 atom stereocenters. The maximum atomic E-state index is 12.5. The van der Waals surface area contributed by atoms with Gasteiger partial charge < -0.3 is 5.73 Å². The quantitative estimate of drug-likeness (QED) is 0.744. The van der Waals surface area contributed by atoms with Crippen LogP contribution in [0.5, 0.6) is 0 Å². The van der Waals surface area contributed by atoms with Crippen LogP contribution in [0.2, 0.25) is 0 Å². The fraction of sp³-hybridized carbons (Fsp3) is 0.381. The topological polar surface area (TPSA) is 92.5 Å². The second-order valence-electron chi connectivity index (χ2n) is 7.38. The van der Waals surface area contributed by atoms with E-state index in [1.54, 1.807) is 24.3 Å². The van der Waals surface area contributed by atoms with Crippen LogP contribution < -0.4 is 10.5 Å². The highest BCUT2D eigenvalue weighted by Crippen LogP contribution is 2.27. The third-order valence-electron chi connectivity index (χ3n) is 5.19. The highest BCUT2D eigenvalue weighted by atomic mass is 32.2. The van der Waals surface area contributed by atoms with Crippen LogP contribution in [0, 0.1) is 12.8 Å². The number of sulfonamides is 1. The zero-order valence-corrected chi connectivity index (χ0v) is 16.9. The number of carbonyl (C=O) groups excluding carboxylic acids is 1. The van der Waals surface area contributed by atoms with Crippen molar-refractivity contribution in [2.45, 2.75) is 30.7 Å². The number of nitrogens with two attached hydrogens (primary N) is 1. The molecule has 7 heteroatoms. The molecule has 1 aliphatic heterocycles. The van der Waals surface area contributed by atoms with Crippen LogP contribution in [-0.2, 0) is 14.8 Å². The zero-order valence-electron chi connectivity index (χ0n) is 16.0. The van der Waals surface area contributed by atoms with Gasteiger partial charge in [0.05, 0.1) is 4.90 Å². The largest absolute Gasteiger partial charge is 0.368 e. The van der Waals surface area contributed by atoms with Crippen molar-refractivity contribution in [1.82, 2.24) is 9.62 Å². The van der Waals surface area contributed by atoms with Gasteiger partial charge in [-0.25, -0.2) is 13.1 Å². The molecule has 1 fully saturated rings. The molecular formula is C21H27N3O3S. The van der Waals surface area contributed by atoms with Crippen LogP contribution >= 0.6 is 0 Å². The van der Waals surface area contributed by atoms with Crippen molar-refractivity contribution in [2.75, 3.05) is 19.6 Å². The summed E-state index contributed by atoms with van der Waals surface area (Å²) in [6, 6.07) is 15.8. The Hall–Kier alpha value is -2.22. The van der Waals surface area contributed by atoms with E-state index in [1.807, 2.05) is 37.3 Å². The van der Waals surface area contributed by atoms with E-state index in [1.165, 1.54) is 0 Å². The fourth-order valence-corrected chi connectivity index (χ4v) is 4.83. The van der Waals surface area contributed by atoms with Gasteiger partial charge in [-0.05, 0) is 49.9 Å². The van der Waals surface area contributed by atoms with Gasteiger partial charge in [0.15, 0.2) is 0 Å². The minimum Gasteiger partial charge on any atom is -0.368 e. The minimum absolute atomic E-state index is 0.125. The van der Waals surface area contributed by atoms with Crippen molar-refractivity contribution >= 4 is 15.9 Å². The molecule has 0 radical (unpaired) electrons. The number of likely N-dealkylation sites (tertiary alicyclic amines) is 1. The first-order chi connectivity index (χ1) is 13.4. The molecular weight excluding hydrogens is 374 g/mol. The van der Waals surface area contributed by atoms with Crippen LogP contribution in [0.15, 0.2) is 59.5 Å². The van der Waals surface area contributed by atoms with Crippen molar-refractivity contribution in [3.05, 3.63) is 65.7 Å². The molecule has 0 saturated carbocycles. The summed E-state index contributed by atoms with van der Waals surface area (Å²) in [4.78, 5) is 14.4. The number of rotatable bonds is 7. The molecule has 0 aromatic heterocycles. The zero-order chi connectivity index (χ0) is 20.1. The molecule has 3 rings (SSSR count). The lowest BCUT2D eigenvalue weighted by Gasteiger charge is -2.37. The van der Waals surface area contributed by atoms with Gasteiger partial charge in [-0.2, -0.15) is 0 Å². The summed E-state index contributed by atoms with van der Waals surface area (Å²) in [6.07, 6.45) is 1.81. The first-order valence-corrected chi connectivity index (χ1v) is 11.0. The van der Waals surface area contributed by atoms with E-state index in [9.17, 15) is 13.2 Å². The van der Waals surface area contributed by atoms with Gasteiger partial charge in [0.2, 0.25) is 15.9 Å². The number of aryl methyl sites for hydroxylation is 1. The summed E-state index contributed by atoms with van der Waals surface area (Å²) in [5.74, 6) is -0.258. The van der Waals surface area contributed by atoms with Crippen molar-refractivity contribution in [2.24, 2.45) is 11.7 Å². The molecule has 1 heterocycles. The molecule has 3 N–H and O–H groups in total. The molecule has 2 aromatic rings. The summed E-state index contributed by atoms with van der Waals surface area (Å²) in [5, 5.41) is 0. The summed E-state index contributed by atoms with van der Waals surface area (Å²) < 4.78 is 27.8. The maximum absolute atomic E-state index is 12.5. The monoisotopic (exact) mass is 401 g/mol. The Bertz CT molecular complexity index is 898. The number of carbonyl (C=O) groups is 1. The number of nitrogens with one attached hydrogen (secondary N) is 1. The molecule has 0 spiro atoms. The van der Waals surface area contributed by atoms with Gasteiger partial charge in [-0.15, -0.1) is 0 Å². The van der Waals surface area contributed by atoms with Crippen LogP contribution in [0.4, 0.5) is 0 Å². The average molecular weight is 402 g/mol. The molecule has 6 nitrogen and oxygen atoms in total. The first kappa shape index (κ1) is 20.5. The third-order valence-corrected chi connectivity index (χ3v) is 6.63. The minimum atomic E-state index is -3.54. The SMILES string of the molecule is Cc1ccc(S(=O)(=O)NCC2CCCN(C(C(N)=O)c3ccccc3)C2)cc1. The summed E-state index contributed by atoms with van der Waals surface area (Å²) in [5.41, 5.74) is 7.57. The highest BCUT2D eigenvalue weighted by molar-refractivity contribution is 7.89. The van der Waals surface area contributed by atoms with E-state index in [-0.39, 0.29) is 16.7 Å². The molecule has 0 bridgehead atoms. The van der Waals surface area contributed by atoms with Crippen LogP contribution in [-0.4, -0.2) is 38.9 Å². The second kappa shape index (κ2) is 8.86. The van der Waals surface area contributed by atoms with Gasteiger partial charge in [0.25, 0.3) is 0 Å².